The molecule has 1 N–H and O–H groups in total. The Hall–Kier alpha value is -2.72. The number of carbonyl (C=O) groups excluding carboxylic acids is 3. The van der Waals surface area contributed by atoms with E-state index in [1.165, 1.54) is 4.90 Å². The third-order valence-corrected chi connectivity index (χ3v) is 8.34. The highest BCUT2D eigenvalue weighted by Gasteiger charge is 2.60. The normalized spacial score (nSPS) is 24.4. The molecule has 0 radical (unpaired) electrons. The molecular weight excluding hydrogens is 454 g/mol. The molecule has 1 saturated heterocycles. The number of nitrogens with zero attached hydrogens (tertiary/aromatic N) is 2. The van der Waals surface area contributed by atoms with Crippen molar-refractivity contribution in [3.63, 3.8) is 0 Å². The molecule has 3 aliphatic rings. The Morgan fingerprint density at radius 3 is 2.24 bits per heavy atom. The Kier molecular flexibility index (Phi) is 5.97. The molecule has 0 bridgehead atoms. The quantitative estimate of drug-likeness (QED) is 0.500. The van der Waals surface area contributed by atoms with Gasteiger partial charge in [-0.2, -0.15) is 0 Å². The van der Waals surface area contributed by atoms with E-state index in [0.29, 0.717) is 42.6 Å². The maximum Gasteiger partial charge on any atom is 0.357 e. The number of hydroxylamine groups is 2. The van der Waals surface area contributed by atoms with Crippen LogP contribution in [-0.4, -0.2) is 62.7 Å². The van der Waals surface area contributed by atoms with Gasteiger partial charge in [0.25, 0.3) is 11.8 Å². The van der Waals surface area contributed by atoms with Gasteiger partial charge in [-0.25, -0.2) is 4.79 Å². The maximum absolute atomic E-state index is 13.1. The molecule has 2 aliphatic heterocycles. The van der Waals surface area contributed by atoms with Crippen molar-refractivity contribution in [1.82, 2.24) is 14.7 Å². The molecule has 1 unspecified atom stereocenters. The molecule has 9 heteroatoms. The molecule has 2 aromatic carbocycles. The van der Waals surface area contributed by atoms with Crippen molar-refractivity contribution in [2.24, 2.45) is 5.41 Å². The van der Waals surface area contributed by atoms with Gasteiger partial charge in [-0.1, -0.05) is 30.3 Å². The molecule has 5 rings (SSSR count). The van der Waals surface area contributed by atoms with Crippen LogP contribution in [0, 0.1) is 5.41 Å². The van der Waals surface area contributed by atoms with E-state index < -0.39 is 17.3 Å². The third-order valence-electron chi connectivity index (χ3n) is 6.97. The molecular formula is C25H27N3O5S. The average molecular weight is 482 g/mol. The van der Waals surface area contributed by atoms with Gasteiger partial charge in [0, 0.05) is 35.9 Å². The van der Waals surface area contributed by atoms with E-state index in [4.69, 9.17) is 4.84 Å². The monoisotopic (exact) mass is 481 g/mol. The molecule has 2 aromatic rings. The summed E-state index contributed by atoms with van der Waals surface area (Å²) in [5.74, 6) is -0.989. The summed E-state index contributed by atoms with van der Waals surface area (Å²) in [6, 6.07) is 15.1. The Labute approximate surface area is 201 Å². The number of hydrogen-bond acceptors (Lipinski definition) is 7. The number of hydrogen-bond donors (Lipinski definition) is 1. The zero-order valence-electron chi connectivity index (χ0n) is 19.1. The number of carbonyl (C=O) groups is 3. The van der Waals surface area contributed by atoms with Crippen molar-refractivity contribution in [3.8, 4) is 0 Å². The van der Waals surface area contributed by atoms with Crippen LogP contribution < -0.4 is 4.72 Å². The van der Waals surface area contributed by atoms with Crippen LogP contribution >= 0.6 is 0 Å². The van der Waals surface area contributed by atoms with Gasteiger partial charge in [0.05, 0.1) is 22.7 Å². The first-order chi connectivity index (χ1) is 16.3. The molecule has 178 valence electrons. The molecule has 0 aromatic heterocycles. The van der Waals surface area contributed by atoms with Gasteiger partial charge >= 0.3 is 5.97 Å². The van der Waals surface area contributed by atoms with E-state index in [-0.39, 0.29) is 34.6 Å². The van der Waals surface area contributed by atoms with Gasteiger partial charge in [0.2, 0.25) is 0 Å². The molecule has 2 amide bonds. The van der Waals surface area contributed by atoms with Crippen molar-refractivity contribution >= 4 is 29.1 Å². The Bertz CT molecular complexity index is 1080. The molecule has 1 spiro atoms. The van der Waals surface area contributed by atoms with Crippen LogP contribution in [0.1, 0.15) is 57.8 Å². The highest BCUT2D eigenvalue weighted by Crippen LogP contribution is 2.49. The standard InChI is InChI=1S/C25H27N3O5S/c1-16(2)34(32)26-21-12-18(28-22(29)19-10-6-7-11-20(19)23(28)30)13-25(21)14-27(15-25)33-24(31)17-8-4-3-5-9-17/h3-11,16,18,21,26H,12-15H2,1-2H3/t18-,21-,34?/m1/s1. The number of imide groups is 1. The molecule has 8 nitrogen and oxygen atoms in total. The van der Waals surface area contributed by atoms with Gasteiger partial charge in [0.15, 0.2) is 0 Å². The van der Waals surface area contributed by atoms with E-state index in [1.807, 2.05) is 19.9 Å². The van der Waals surface area contributed by atoms with Crippen molar-refractivity contribution in [2.75, 3.05) is 13.1 Å². The highest BCUT2D eigenvalue weighted by atomic mass is 32.2. The second kappa shape index (κ2) is 8.81. The predicted molar refractivity (Wildman–Crippen MR) is 126 cm³/mol. The van der Waals surface area contributed by atoms with Crippen LogP contribution in [0.25, 0.3) is 0 Å². The number of benzene rings is 2. The minimum absolute atomic E-state index is 0.0810. The lowest BCUT2D eigenvalue weighted by Gasteiger charge is -2.49. The van der Waals surface area contributed by atoms with Crippen LogP contribution in [0.4, 0.5) is 0 Å². The van der Waals surface area contributed by atoms with Gasteiger partial charge in [-0.3, -0.25) is 14.5 Å². The van der Waals surface area contributed by atoms with Crippen LogP contribution in [0.2, 0.25) is 0 Å². The first kappa shape index (κ1) is 23.0. The van der Waals surface area contributed by atoms with Gasteiger partial charge < -0.3 is 9.39 Å². The van der Waals surface area contributed by atoms with Crippen molar-refractivity contribution in [3.05, 3.63) is 71.3 Å². The number of nitrogens with one attached hydrogen (secondary N) is 1. The summed E-state index contributed by atoms with van der Waals surface area (Å²) in [6.45, 7) is 4.64. The summed E-state index contributed by atoms with van der Waals surface area (Å²) in [5.41, 5.74) is 0.961. The van der Waals surface area contributed by atoms with E-state index in [1.54, 1.807) is 53.6 Å². The molecule has 34 heavy (non-hydrogen) atoms. The largest absolute Gasteiger partial charge is 0.598 e. The van der Waals surface area contributed by atoms with Crippen LogP contribution in [0.3, 0.4) is 0 Å². The second-order valence-corrected chi connectivity index (χ2v) is 11.3. The lowest BCUT2D eigenvalue weighted by molar-refractivity contribution is -0.212. The van der Waals surface area contributed by atoms with Crippen LogP contribution in [-0.2, 0) is 16.2 Å². The molecule has 3 atom stereocenters. The number of fused-ring (bicyclic) bond motifs is 1. The van der Waals surface area contributed by atoms with Crippen molar-refractivity contribution in [1.29, 1.82) is 0 Å². The van der Waals surface area contributed by atoms with Gasteiger partial charge in [-0.15, -0.1) is 9.79 Å². The lowest BCUT2D eigenvalue weighted by atomic mass is 9.76. The van der Waals surface area contributed by atoms with E-state index in [0.717, 1.165) is 0 Å². The van der Waals surface area contributed by atoms with Crippen LogP contribution in [0.15, 0.2) is 54.6 Å². The fourth-order valence-corrected chi connectivity index (χ4v) is 6.12. The van der Waals surface area contributed by atoms with Crippen molar-refractivity contribution in [2.45, 2.75) is 44.0 Å². The average Bonchev–Trinajstić information content (AvgIpc) is 3.29. The predicted octanol–water partition coefficient (Wildman–Crippen LogP) is 2.55. The van der Waals surface area contributed by atoms with E-state index in [2.05, 4.69) is 4.72 Å². The first-order valence-corrected chi connectivity index (χ1v) is 12.7. The fraction of sp³-hybridized carbons (Fsp3) is 0.400. The smallest absolute Gasteiger partial charge is 0.357 e. The summed E-state index contributed by atoms with van der Waals surface area (Å²) < 4.78 is 15.9. The van der Waals surface area contributed by atoms with Crippen LogP contribution in [0.5, 0.6) is 0 Å². The maximum atomic E-state index is 13.1. The summed E-state index contributed by atoms with van der Waals surface area (Å²) >= 11 is -1.27. The minimum atomic E-state index is -1.27. The van der Waals surface area contributed by atoms with Gasteiger partial charge in [0.1, 0.15) is 5.25 Å². The minimum Gasteiger partial charge on any atom is -0.598 e. The first-order valence-electron chi connectivity index (χ1n) is 11.4. The third kappa shape index (κ3) is 3.92. The Morgan fingerprint density at radius 2 is 1.65 bits per heavy atom. The zero-order valence-corrected chi connectivity index (χ0v) is 19.9. The number of amides is 2. The molecule has 1 aliphatic carbocycles. The summed E-state index contributed by atoms with van der Waals surface area (Å²) in [5, 5.41) is 1.52. The highest BCUT2D eigenvalue weighted by molar-refractivity contribution is 7.90. The summed E-state index contributed by atoms with van der Waals surface area (Å²) in [6.07, 6.45) is 1.06. The molecule has 2 heterocycles. The summed E-state index contributed by atoms with van der Waals surface area (Å²) in [7, 11) is 0. The fourth-order valence-electron chi connectivity index (χ4n) is 5.22. The molecule has 2 fully saturated rings. The van der Waals surface area contributed by atoms with E-state index in [9.17, 15) is 18.9 Å². The van der Waals surface area contributed by atoms with Gasteiger partial charge in [-0.05, 0) is 51.0 Å². The topological polar surface area (TPSA) is 102 Å². The molecule has 1 saturated carbocycles. The van der Waals surface area contributed by atoms with Crippen molar-refractivity contribution < 1.29 is 23.8 Å². The van der Waals surface area contributed by atoms with E-state index >= 15 is 0 Å². The Morgan fingerprint density at radius 1 is 1.06 bits per heavy atom. The number of rotatable bonds is 6. The second-order valence-electron chi connectivity index (χ2n) is 9.54. The summed E-state index contributed by atoms with van der Waals surface area (Å²) in [4.78, 5) is 45.5. The Balaban J connectivity index is 1.32. The SMILES string of the molecule is CC(C)[S+]([O-])N[C@@H]1C[C@@H](N2C(=O)c3ccccc3C2=O)CC12CN(OC(=O)c1ccccc1)C2. The lowest BCUT2D eigenvalue weighted by Crippen LogP contribution is -2.63. The zero-order chi connectivity index (χ0) is 24.0.